The van der Waals surface area contributed by atoms with Crippen LogP contribution in [0, 0.1) is 11.3 Å². The Hall–Kier alpha value is -2.10. The highest BCUT2D eigenvalue weighted by atomic mass is 16.5. The van der Waals surface area contributed by atoms with Gasteiger partial charge in [-0.25, -0.2) is 0 Å². The first-order chi connectivity index (χ1) is 11.5. The number of aliphatic carboxylic acids is 1. The van der Waals surface area contributed by atoms with Crippen LogP contribution in [0.3, 0.4) is 0 Å². The summed E-state index contributed by atoms with van der Waals surface area (Å²) >= 11 is 0. The van der Waals surface area contributed by atoms with Crippen molar-refractivity contribution in [3.05, 3.63) is 36.5 Å². The molecule has 1 fully saturated rings. The fraction of sp³-hybridized carbons (Fsp3) is 0.500. The largest absolute Gasteiger partial charge is 0.490 e. The summed E-state index contributed by atoms with van der Waals surface area (Å²) in [5.74, 6) is 0.434. The van der Waals surface area contributed by atoms with Crippen LogP contribution in [0.4, 0.5) is 0 Å². The Labute approximate surface area is 142 Å². The van der Waals surface area contributed by atoms with Crippen molar-refractivity contribution in [2.75, 3.05) is 0 Å². The van der Waals surface area contributed by atoms with Gasteiger partial charge in [0, 0.05) is 11.6 Å². The second-order valence-corrected chi connectivity index (χ2v) is 6.99. The van der Waals surface area contributed by atoms with Crippen LogP contribution < -0.4 is 4.74 Å². The minimum Gasteiger partial charge on any atom is -0.490 e. The number of para-hydroxylation sites is 1. The van der Waals surface area contributed by atoms with Crippen molar-refractivity contribution in [1.82, 2.24) is 4.98 Å². The Morgan fingerprint density at radius 1 is 1.25 bits per heavy atom. The third kappa shape index (κ3) is 3.10. The lowest BCUT2D eigenvalue weighted by molar-refractivity contribution is -0.153. The minimum atomic E-state index is -0.672. The standard InChI is InChI=1S/C20H25NO3/c1-3-20(2,19(22)23)14-8-10-15(11-9-14)24-18-12-13-21-17-7-5-4-6-16(17)18/h4-7,12-15H,3,8-11H2,1-2H3,(H,22,23)/t14-,15+,20?. The van der Waals surface area contributed by atoms with Crippen molar-refractivity contribution >= 4 is 16.9 Å². The topological polar surface area (TPSA) is 59.4 Å². The third-order valence-electron chi connectivity index (χ3n) is 5.70. The van der Waals surface area contributed by atoms with Crippen LogP contribution in [0.15, 0.2) is 36.5 Å². The average molecular weight is 327 g/mol. The SMILES string of the molecule is CCC(C)(C(=O)O)[C@H]1CC[C@@H](Oc2ccnc3ccccc23)CC1. The van der Waals surface area contributed by atoms with Crippen LogP contribution in [-0.4, -0.2) is 22.2 Å². The molecule has 1 aromatic heterocycles. The van der Waals surface area contributed by atoms with Gasteiger partial charge in [-0.1, -0.05) is 19.1 Å². The fourth-order valence-electron chi connectivity index (χ4n) is 3.78. The molecule has 0 radical (unpaired) electrons. The van der Waals surface area contributed by atoms with Gasteiger partial charge in [0.15, 0.2) is 0 Å². The highest BCUT2D eigenvalue weighted by Gasteiger charge is 2.41. The van der Waals surface area contributed by atoms with Crippen LogP contribution in [0.1, 0.15) is 46.0 Å². The summed E-state index contributed by atoms with van der Waals surface area (Å²) < 4.78 is 6.24. The number of nitrogens with zero attached hydrogens (tertiary/aromatic N) is 1. The lowest BCUT2D eigenvalue weighted by atomic mass is 9.68. The van der Waals surface area contributed by atoms with Gasteiger partial charge in [-0.15, -0.1) is 0 Å². The molecule has 1 atom stereocenters. The summed E-state index contributed by atoms with van der Waals surface area (Å²) in [5.41, 5.74) is 0.321. The van der Waals surface area contributed by atoms with Crippen molar-refractivity contribution in [2.24, 2.45) is 11.3 Å². The van der Waals surface area contributed by atoms with Gasteiger partial charge < -0.3 is 9.84 Å². The van der Waals surface area contributed by atoms with Crippen LogP contribution in [0.5, 0.6) is 5.75 Å². The summed E-state index contributed by atoms with van der Waals surface area (Å²) in [5, 5.41) is 10.6. The molecule has 1 saturated carbocycles. The summed E-state index contributed by atoms with van der Waals surface area (Å²) in [6.07, 6.45) is 6.24. The van der Waals surface area contributed by atoms with Crippen LogP contribution in [-0.2, 0) is 4.79 Å². The number of aromatic nitrogens is 1. The molecular formula is C20H25NO3. The summed E-state index contributed by atoms with van der Waals surface area (Å²) in [6.45, 7) is 3.86. The number of ether oxygens (including phenoxy) is 1. The highest BCUT2D eigenvalue weighted by Crippen LogP contribution is 2.42. The maximum atomic E-state index is 11.6. The molecule has 4 nitrogen and oxygen atoms in total. The molecule has 4 heteroatoms. The van der Waals surface area contributed by atoms with E-state index in [1.54, 1.807) is 6.20 Å². The number of rotatable bonds is 5. The molecular weight excluding hydrogens is 302 g/mol. The van der Waals surface area contributed by atoms with Crippen molar-refractivity contribution in [1.29, 1.82) is 0 Å². The van der Waals surface area contributed by atoms with E-state index in [1.807, 2.05) is 44.2 Å². The summed E-state index contributed by atoms with van der Waals surface area (Å²) in [6, 6.07) is 9.90. The molecule has 1 aromatic carbocycles. The van der Waals surface area contributed by atoms with Crippen molar-refractivity contribution in [3.8, 4) is 5.75 Å². The van der Waals surface area contributed by atoms with E-state index in [0.717, 1.165) is 42.3 Å². The molecule has 0 spiro atoms. The van der Waals surface area contributed by atoms with E-state index in [0.29, 0.717) is 6.42 Å². The van der Waals surface area contributed by atoms with Gasteiger partial charge >= 0.3 is 5.97 Å². The summed E-state index contributed by atoms with van der Waals surface area (Å²) in [4.78, 5) is 16.0. The summed E-state index contributed by atoms with van der Waals surface area (Å²) in [7, 11) is 0. The smallest absolute Gasteiger partial charge is 0.309 e. The number of carboxylic acids is 1. The first-order valence-corrected chi connectivity index (χ1v) is 8.78. The van der Waals surface area contributed by atoms with Gasteiger partial charge in [0.2, 0.25) is 0 Å². The second kappa shape index (κ2) is 6.80. The molecule has 2 aromatic rings. The molecule has 1 N–H and O–H groups in total. The molecule has 0 saturated heterocycles. The molecule has 1 aliphatic carbocycles. The van der Waals surface area contributed by atoms with E-state index >= 15 is 0 Å². The number of hydrogen-bond acceptors (Lipinski definition) is 3. The van der Waals surface area contributed by atoms with Crippen molar-refractivity contribution in [2.45, 2.75) is 52.1 Å². The number of carboxylic acid groups (broad SMARTS) is 1. The van der Waals surface area contributed by atoms with Gasteiger partial charge in [-0.2, -0.15) is 0 Å². The Bertz CT molecular complexity index is 716. The predicted octanol–water partition coefficient (Wildman–Crippen LogP) is 4.67. The fourth-order valence-corrected chi connectivity index (χ4v) is 3.78. The van der Waals surface area contributed by atoms with Gasteiger partial charge in [-0.05, 0) is 63.1 Å². The monoisotopic (exact) mass is 327 g/mol. The Morgan fingerprint density at radius 2 is 1.96 bits per heavy atom. The van der Waals surface area contributed by atoms with Crippen LogP contribution >= 0.6 is 0 Å². The average Bonchev–Trinajstić information content (AvgIpc) is 2.62. The van der Waals surface area contributed by atoms with Gasteiger partial charge in [0.05, 0.1) is 17.0 Å². The van der Waals surface area contributed by atoms with Crippen molar-refractivity contribution < 1.29 is 14.6 Å². The normalized spacial score (nSPS) is 23.6. The zero-order valence-electron chi connectivity index (χ0n) is 14.4. The number of carbonyl (C=O) groups is 1. The van der Waals surface area contributed by atoms with Crippen molar-refractivity contribution in [3.63, 3.8) is 0 Å². The number of benzene rings is 1. The zero-order valence-corrected chi connectivity index (χ0v) is 14.4. The van der Waals surface area contributed by atoms with E-state index < -0.39 is 11.4 Å². The molecule has 1 heterocycles. The Balaban J connectivity index is 1.68. The highest BCUT2D eigenvalue weighted by molar-refractivity contribution is 5.84. The van der Waals surface area contributed by atoms with Gasteiger partial charge in [0.1, 0.15) is 5.75 Å². The molecule has 0 aliphatic heterocycles. The first kappa shape index (κ1) is 16.7. The van der Waals surface area contributed by atoms with E-state index in [-0.39, 0.29) is 12.0 Å². The Morgan fingerprint density at radius 3 is 2.62 bits per heavy atom. The molecule has 0 bridgehead atoms. The van der Waals surface area contributed by atoms with Crippen LogP contribution in [0.2, 0.25) is 0 Å². The molecule has 1 aliphatic rings. The number of hydrogen-bond donors (Lipinski definition) is 1. The predicted molar refractivity (Wildman–Crippen MR) is 94.2 cm³/mol. The van der Waals surface area contributed by atoms with E-state index in [1.165, 1.54) is 0 Å². The zero-order chi connectivity index (χ0) is 17.2. The molecule has 3 rings (SSSR count). The minimum absolute atomic E-state index is 0.155. The number of fused-ring (bicyclic) bond motifs is 1. The molecule has 1 unspecified atom stereocenters. The quantitative estimate of drug-likeness (QED) is 0.866. The maximum Gasteiger partial charge on any atom is 0.309 e. The second-order valence-electron chi connectivity index (χ2n) is 6.99. The maximum absolute atomic E-state index is 11.6. The lowest BCUT2D eigenvalue weighted by Crippen LogP contribution is -2.39. The van der Waals surface area contributed by atoms with E-state index in [9.17, 15) is 9.90 Å². The van der Waals surface area contributed by atoms with E-state index in [2.05, 4.69) is 4.98 Å². The molecule has 128 valence electrons. The van der Waals surface area contributed by atoms with Gasteiger partial charge in [0.25, 0.3) is 0 Å². The lowest BCUT2D eigenvalue weighted by Gasteiger charge is -2.38. The Kier molecular flexibility index (Phi) is 4.74. The van der Waals surface area contributed by atoms with Crippen LogP contribution in [0.25, 0.3) is 10.9 Å². The first-order valence-electron chi connectivity index (χ1n) is 8.78. The van der Waals surface area contributed by atoms with E-state index in [4.69, 9.17) is 4.74 Å². The molecule has 0 amide bonds. The molecule has 24 heavy (non-hydrogen) atoms. The third-order valence-corrected chi connectivity index (χ3v) is 5.70. The van der Waals surface area contributed by atoms with Gasteiger partial charge in [-0.3, -0.25) is 9.78 Å². The number of pyridine rings is 1.